The summed E-state index contributed by atoms with van der Waals surface area (Å²) in [7, 11) is 2.05. The van der Waals surface area contributed by atoms with Gasteiger partial charge in [-0.05, 0) is 31.0 Å². The summed E-state index contributed by atoms with van der Waals surface area (Å²) in [4.78, 5) is 6.63. The van der Waals surface area contributed by atoms with E-state index in [-0.39, 0.29) is 0 Å². The average Bonchev–Trinajstić information content (AvgIpc) is 3.13. The highest BCUT2D eigenvalue weighted by atomic mass is 16.3. The first-order valence-corrected chi connectivity index (χ1v) is 6.74. The summed E-state index contributed by atoms with van der Waals surface area (Å²) in [6.45, 7) is 1.62. The first kappa shape index (κ1) is 12.2. The van der Waals surface area contributed by atoms with Crippen molar-refractivity contribution in [2.75, 3.05) is 11.9 Å². The summed E-state index contributed by atoms with van der Waals surface area (Å²) in [5.74, 6) is 1.97. The molecule has 2 heterocycles. The molecule has 19 heavy (non-hydrogen) atoms. The molecule has 100 valence electrons. The number of rotatable bonds is 6. The third-order valence-electron chi connectivity index (χ3n) is 3.36. The van der Waals surface area contributed by atoms with Gasteiger partial charge in [0.15, 0.2) is 0 Å². The van der Waals surface area contributed by atoms with Gasteiger partial charge in [-0.1, -0.05) is 6.07 Å². The van der Waals surface area contributed by atoms with Crippen LogP contribution in [-0.2, 0) is 13.1 Å². The van der Waals surface area contributed by atoms with Crippen LogP contribution in [0.25, 0.3) is 0 Å². The minimum absolute atomic E-state index is 0.712. The molecule has 2 aromatic heterocycles. The largest absolute Gasteiger partial charge is 0.467 e. The van der Waals surface area contributed by atoms with Gasteiger partial charge in [0, 0.05) is 31.4 Å². The normalized spacial score (nSPS) is 14.6. The topological polar surface area (TPSA) is 41.3 Å². The van der Waals surface area contributed by atoms with Gasteiger partial charge in [0.2, 0.25) is 0 Å². The lowest BCUT2D eigenvalue weighted by Crippen LogP contribution is -2.22. The molecule has 1 N–H and O–H groups in total. The van der Waals surface area contributed by atoms with Crippen molar-refractivity contribution >= 4 is 5.82 Å². The molecule has 0 atom stereocenters. The highest BCUT2D eigenvalue weighted by Crippen LogP contribution is 2.22. The molecule has 0 aromatic carbocycles. The highest BCUT2D eigenvalue weighted by molar-refractivity contribution is 5.46. The average molecular weight is 257 g/mol. The molecule has 2 aromatic rings. The van der Waals surface area contributed by atoms with Crippen molar-refractivity contribution in [3.63, 3.8) is 0 Å². The van der Waals surface area contributed by atoms with Crippen LogP contribution in [0, 0.1) is 0 Å². The molecule has 1 fully saturated rings. The second-order valence-electron chi connectivity index (χ2n) is 5.08. The third-order valence-corrected chi connectivity index (χ3v) is 3.36. The van der Waals surface area contributed by atoms with E-state index in [9.17, 15) is 0 Å². The predicted octanol–water partition coefficient (Wildman–Crippen LogP) is 2.56. The Labute approximate surface area is 113 Å². The zero-order valence-electron chi connectivity index (χ0n) is 11.2. The second kappa shape index (κ2) is 5.45. The highest BCUT2D eigenvalue weighted by Gasteiger charge is 2.21. The number of hydrogen-bond donors (Lipinski definition) is 1. The quantitative estimate of drug-likeness (QED) is 0.863. The summed E-state index contributed by atoms with van der Waals surface area (Å²) >= 11 is 0. The number of nitrogens with one attached hydrogen (secondary N) is 1. The van der Waals surface area contributed by atoms with Crippen molar-refractivity contribution in [3.8, 4) is 0 Å². The standard InChI is InChI=1S/C15H19N3O/c1-18(11-14-5-3-9-19-14)15-12(4-2-8-16-15)10-17-13-6-7-13/h2-5,8-9,13,17H,6-7,10-11H2,1H3. The number of pyridine rings is 1. The minimum Gasteiger partial charge on any atom is -0.467 e. The fraction of sp³-hybridized carbons (Fsp3) is 0.400. The van der Waals surface area contributed by atoms with Crippen LogP contribution in [0.5, 0.6) is 0 Å². The van der Waals surface area contributed by atoms with Gasteiger partial charge in [0.05, 0.1) is 12.8 Å². The summed E-state index contributed by atoms with van der Waals surface area (Å²) in [6.07, 6.45) is 6.15. The van der Waals surface area contributed by atoms with E-state index in [2.05, 4.69) is 21.3 Å². The maximum Gasteiger partial charge on any atom is 0.133 e. The molecule has 0 radical (unpaired) electrons. The van der Waals surface area contributed by atoms with Gasteiger partial charge >= 0.3 is 0 Å². The van der Waals surface area contributed by atoms with E-state index < -0.39 is 0 Å². The smallest absolute Gasteiger partial charge is 0.133 e. The van der Waals surface area contributed by atoms with Crippen molar-refractivity contribution in [1.29, 1.82) is 0 Å². The van der Waals surface area contributed by atoms with Crippen LogP contribution in [0.3, 0.4) is 0 Å². The Kier molecular flexibility index (Phi) is 3.51. The van der Waals surface area contributed by atoms with Gasteiger partial charge < -0.3 is 14.6 Å². The number of anilines is 1. The number of furan rings is 1. The van der Waals surface area contributed by atoms with E-state index >= 15 is 0 Å². The molecule has 1 aliphatic carbocycles. The Morgan fingerprint density at radius 2 is 2.26 bits per heavy atom. The van der Waals surface area contributed by atoms with Crippen LogP contribution >= 0.6 is 0 Å². The Morgan fingerprint density at radius 1 is 1.37 bits per heavy atom. The Balaban J connectivity index is 1.70. The van der Waals surface area contributed by atoms with E-state index in [1.54, 1.807) is 6.26 Å². The molecule has 0 aliphatic heterocycles. The molecule has 0 unspecified atom stereocenters. The predicted molar refractivity (Wildman–Crippen MR) is 74.9 cm³/mol. The Morgan fingerprint density at radius 3 is 3.00 bits per heavy atom. The summed E-state index contributed by atoms with van der Waals surface area (Å²) in [5.41, 5.74) is 1.24. The molecule has 1 saturated carbocycles. The van der Waals surface area contributed by atoms with Gasteiger partial charge in [0.1, 0.15) is 11.6 Å². The van der Waals surface area contributed by atoms with E-state index in [1.807, 2.05) is 31.4 Å². The molecular weight excluding hydrogens is 238 g/mol. The van der Waals surface area contributed by atoms with Gasteiger partial charge in [-0.2, -0.15) is 0 Å². The fourth-order valence-corrected chi connectivity index (χ4v) is 2.16. The minimum atomic E-state index is 0.712. The first-order chi connectivity index (χ1) is 9.33. The molecule has 0 saturated heterocycles. The monoisotopic (exact) mass is 257 g/mol. The molecule has 3 rings (SSSR count). The fourth-order valence-electron chi connectivity index (χ4n) is 2.16. The van der Waals surface area contributed by atoms with E-state index in [4.69, 9.17) is 4.42 Å². The van der Waals surface area contributed by atoms with Crippen LogP contribution in [0.4, 0.5) is 5.82 Å². The molecule has 4 nitrogen and oxygen atoms in total. The first-order valence-electron chi connectivity index (χ1n) is 6.74. The number of hydrogen-bond acceptors (Lipinski definition) is 4. The maximum absolute atomic E-state index is 5.39. The maximum atomic E-state index is 5.39. The van der Waals surface area contributed by atoms with E-state index in [0.29, 0.717) is 6.04 Å². The van der Waals surface area contributed by atoms with Crippen molar-refractivity contribution in [3.05, 3.63) is 48.0 Å². The zero-order valence-corrected chi connectivity index (χ0v) is 11.2. The van der Waals surface area contributed by atoms with Crippen molar-refractivity contribution in [2.24, 2.45) is 0 Å². The number of nitrogens with zero attached hydrogens (tertiary/aromatic N) is 2. The molecule has 1 aliphatic rings. The van der Waals surface area contributed by atoms with Crippen molar-refractivity contribution in [1.82, 2.24) is 10.3 Å². The van der Waals surface area contributed by atoms with Gasteiger partial charge in [-0.3, -0.25) is 0 Å². The van der Waals surface area contributed by atoms with Gasteiger partial charge in [-0.25, -0.2) is 4.98 Å². The molecule has 4 heteroatoms. The molecule has 0 bridgehead atoms. The molecular formula is C15H19N3O. The van der Waals surface area contributed by atoms with E-state index in [0.717, 1.165) is 24.7 Å². The summed E-state index contributed by atoms with van der Waals surface area (Å²) < 4.78 is 5.39. The van der Waals surface area contributed by atoms with Crippen LogP contribution < -0.4 is 10.2 Å². The lowest BCUT2D eigenvalue weighted by atomic mass is 10.2. The van der Waals surface area contributed by atoms with Crippen molar-refractivity contribution < 1.29 is 4.42 Å². The SMILES string of the molecule is CN(Cc1ccco1)c1ncccc1CNC1CC1. The molecule has 0 spiro atoms. The van der Waals surface area contributed by atoms with Crippen LogP contribution in [0.2, 0.25) is 0 Å². The van der Waals surface area contributed by atoms with Crippen molar-refractivity contribution in [2.45, 2.75) is 32.0 Å². The third kappa shape index (κ3) is 3.15. The zero-order chi connectivity index (χ0) is 13.1. The lowest BCUT2D eigenvalue weighted by Gasteiger charge is -2.20. The van der Waals surface area contributed by atoms with Crippen LogP contribution in [-0.4, -0.2) is 18.1 Å². The van der Waals surface area contributed by atoms with Gasteiger partial charge in [0.25, 0.3) is 0 Å². The summed E-state index contributed by atoms with van der Waals surface area (Å²) in [5, 5.41) is 3.54. The van der Waals surface area contributed by atoms with Crippen LogP contribution in [0.1, 0.15) is 24.2 Å². The van der Waals surface area contributed by atoms with E-state index in [1.165, 1.54) is 18.4 Å². The number of aromatic nitrogens is 1. The van der Waals surface area contributed by atoms with Gasteiger partial charge in [-0.15, -0.1) is 0 Å². The molecule has 0 amide bonds. The van der Waals surface area contributed by atoms with Crippen LogP contribution in [0.15, 0.2) is 41.1 Å². The lowest BCUT2D eigenvalue weighted by molar-refractivity contribution is 0.506. The Hall–Kier alpha value is -1.81. The summed E-state index contributed by atoms with van der Waals surface area (Å²) in [6, 6.07) is 8.74. The Bertz CT molecular complexity index is 520. The second-order valence-corrected chi connectivity index (χ2v) is 5.08.